The van der Waals surface area contributed by atoms with Gasteiger partial charge >= 0.3 is 0 Å². The van der Waals surface area contributed by atoms with Crippen molar-refractivity contribution >= 4 is 5.91 Å². The summed E-state index contributed by atoms with van der Waals surface area (Å²) in [6, 6.07) is 7.52. The van der Waals surface area contributed by atoms with Gasteiger partial charge in [-0.2, -0.15) is 0 Å². The average Bonchev–Trinajstić information content (AvgIpc) is 2.47. The van der Waals surface area contributed by atoms with Crippen LogP contribution in [0.4, 0.5) is 0 Å². The fourth-order valence-electron chi connectivity index (χ4n) is 1.87. The van der Waals surface area contributed by atoms with Crippen LogP contribution < -0.4 is 5.32 Å². The van der Waals surface area contributed by atoms with Crippen molar-refractivity contribution in [1.82, 2.24) is 25.7 Å². The van der Waals surface area contributed by atoms with E-state index in [0.29, 0.717) is 18.8 Å². The van der Waals surface area contributed by atoms with Gasteiger partial charge in [0.15, 0.2) is 6.33 Å². The molecule has 0 atom stereocenters. The lowest BCUT2D eigenvalue weighted by atomic mass is 10.1. The van der Waals surface area contributed by atoms with Gasteiger partial charge < -0.3 is 9.80 Å². The standard InChI is InChI=1S/C15H20N6O/c1-21(2,3)9-8-16-14(22)10-12-4-6-13(7-5-12)15-19-17-11-18-20-15/h4-7,11H,8-10H2,1-3H3/p+1. The molecule has 22 heavy (non-hydrogen) atoms. The monoisotopic (exact) mass is 301 g/mol. The van der Waals surface area contributed by atoms with Gasteiger partial charge in [-0.1, -0.05) is 24.3 Å². The number of rotatable bonds is 6. The summed E-state index contributed by atoms with van der Waals surface area (Å²) in [5.74, 6) is 0.502. The largest absolute Gasteiger partial charge is 0.350 e. The lowest BCUT2D eigenvalue weighted by Gasteiger charge is -2.23. The van der Waals surface area contributed by atoms with Crippen LogP contribution in [-0.2, 0) is 11.2 Å². The molecule has 0 aliphatic carbocycles. The molecule has 0 bridgehead atoms. The maximum Gasteiger partial charge on any atom is 0.224 e. The molecule has 1 amide bonds. The number of nitrogens with one attached hydrogen (secondary N) is 1. The third kappa shape index (κ3) is 5.17. The molecule has 0 radical (unpaired) electrons. The van der Waals surface area contributed by atoms with Gasteiger partial charge in [-0.05, 0) is 5.56 Å². The van der Waals surface area contributed by atoms with Crippen molar-refractivity contribution in [2.75, 3.05) is 34.2 Å². The van der Waals surface area contributed by atoms with Crippen LogP contribution >= 0.6 is 0 Å². The Hall–Kier alpha value is -2.41. The van der Waals surface area contributed by atoms with E-state index in [4.69, 9.17) is 0 Å². The van der Waals surface area contributed by atoms with E-state index in [0.717, 1.165) is 22.2 Å². The molecule has 2 aromatic rings. The Bertz CT molecular complexity index is 606. The lowest BCUT2D eigenvalue weighted by molar-refractivity contribution is -0.869. The van der Waals surface area contributed by atoms with Gasteiger partial charge in [-0.25, -0.2) is 0 Å². The van der Waals surface area contributed by atoms with E-state index < -0.39 is 0 Å². The third-order valence-corrected chi connectivity index (χ3v) is 3.09. The number of amides is 1. The topological polar surface area (TPSA) is 80.7 Å². The number of carbonyl (C=O) groups is 1. The van der Waals surface area contributed by atoms with E-state index in [2.05, 4.69) is 46.9 Å². The SMILES string of the molecule is C[N+](C)(C)CCNC(=O)Cc1ccc(-c2nncnn2)cc1. The number of hydrogen-bond acceptors (Lipinski definition) is 5. The first kappa shape index (κ1) is 16.0. The molecule has 2 rings (SSSR count). The van der Waals surface area contributed by atoms with Gasteiger partial charge in [0.25, 0.3) is 0 Å². The Morgan fingerprint density at radius 3 is 2.32 bits per heavy atom. The summed E-state index contributed by atoms with van der Waals surface area (Å²) in [6.07, 6.45) is 1.65. The fraction of sp³-hybridized carbons (Fsp3) is 0.400. The molecule has 0 spiro atoms. The quantitative estimate of drug-likeness (QED) is 0.776. The number of benzene rings is 1. The smallest absolute Gasteiger partial charge is 0.224 e. The van der Waals surface area contributed by atoms with Crippen LogP contribution in [0.1, 0.15) is 5.56 Å². The number of likely N-dealkylation sites (N-methyl/N-ethyl adjacent to an activating group) is 1. The molecule has 1 aromatic carbocycles. The van der Waals surface area contributed by atoms with Gasteiger partial charge in [0.2, 0.25) is 11.7 Å². The van der Waals surface area contributed by atoms with Gasteiger partial charge in [0, 0.05) is 5.56 Å². The summed E-state index contributed by atoms with van der Waals surface area (Å²) >= 11 is 0. The highest BCUT2D eigenvalue weighted by atomic mass is 16.1. The fourth-order valence-corrected chi connectivity index (χ4v) is 1.87. The summed E-state index contributed by atoms with van der Waals surface area (Å²) in [4.78, 5) is 11.9. The van der Waals surface area contributed by atoms with Gasteiger partial charge in [0.1, 0.15) is 0 Å². The molecular formula is C15H21N6O+. The van der Waals surface area contributed by atoms with E-state index >= 15 is 0 Å². The molecule has 116 valence electrons. The molecule has 0 saturated heterocycles. The van der Waals surface area contributed by atoms with E-state index in [1.807, 2.05) is 24.3 Å². The molecule has 0 saturated carbocycles. The summed E-state index contributed by atoms with van der Waals surface area (Å²) < 4.78 is 0.828. The number of quaternary nitrogens is 1. The zero-order chi connectivity index (χ0) is 16.0. The molecule has 1 aromatic heterocycles. The second-order valence-electron chi connectivity index (χ2n) is 6.11. The van der Waals surface area contributed by atoms with Crippen molar-refractivity contribution in [1.29, 1.82) is 0 Å². The zero-order valence-electron chi connectivity index (χ0n) is 13.2. The molecule has 0 unspecified atom stereocenters. The molecule has 7 heteroatoms. The molecule has 0 fully saturated rings. The number of aromatic nitrogens is 4. The maximum absolute atomic E-state index is 11.9. The van der Waals surface area contributed by atoms with Crippen LogP contribution in [-0.4, -0.2) is 65.0 Å². The highest BCUT2D eigenvalue weighted by Gasteiger charge is 2.09. The number of nitrogens with zero attached hydrogens (tertiary/aromatic N) is 5. The molecular weight excluding hydrogens is 280 g/mol. The maximum atomic E-state index is 11.9. The second-order valence-corrected chi connectivity index (χ2v) is 6.11. The van der Waals surface area contributed by atoms with Crippen molar-refractivity contribution in [2.45, 2.75) is 6.42 Å². The minimum absolute atomic E-state index is 0.0282. The predicted octanol–water partition coefficient (Wildman–Crippen LogP) is 0.299. The van der Waals surface area contributed by atoms with Crippen LogP contribution in [0.2, 0.25) is 0 Å². The second kappa shape index (κ2) is 7.04. The Kier molecular flexibility index (Phi) is 5.11. The van der Waals surface area contributed by atoms with Gasteiger partial charge in [-0.15, -0.1) is 20.4 Å². The van der Waals surface area contributed by atoms with E-state index in [-0.39, 0.29) is 5.91 Å². The van der Waals surface area contributed by atoms with Crippen LogP contribution in [0.15, 0.2) is 30.6 Å². The summed E-state index contributed by atoms with van der Waals surface area (Å²) in [5.41, 5.74) is 1.78. The minimum Gasteiger partial charge on any atom is -0.350 e. The van der Waals surface area contributed by atoms with Crippen molar-refractivity contribution < 1.29 is 9.28 Å². The van der Waals surface area contributed by atoms with Crippen molar-refractivity contribution in [2.24, 2.45) is 0 Å². The predicted molar refractivity (Wildman–Crippen MR) is 82.7 cm³/mol. The van der Waals surface area contributed by atoms with Crippen LogP contribution in [0, 0.1) is 0 Å². The highest BCUT2D eigenvalue weighted by molar-refractivity contribution is 5.78. The summed E-state index contributed by atoms with van der Waals surface area (Å²) in [5, 5.41) is 18.1. The highest BCUT2D eigenvalue weighted by Crippen LogP contribution is 2.13. The summed E-state index contributed by atoms with van der Waals surface area (Å²) in [6.45, 7) is 1.58. The average molecular weight is 301 g/mol. The van der Waals surface area contributed by atoms with Gasteiger partial charge in [0.05, 0.1) is 40.7 Å². The van der Waals surface area contributed by atoms with Crippen molar-refractivity contribution in [3.05, 3.63) is 36.2 Å². The first-order chi connectivity index (χ1) is 10.4. The first-order valence-electron chi connectivity index (χ1n) is 7.11. The Balaban J connectivity index is 1.87. The van der Waals surface area contributed by atoms with E-state index in [1.54, 1.807) is 0 Å². The third-order valence-electron chi connectivity index (χ3n) is 3.09. The summed E-state index contributed by atoms with van der Waals surface area (Å²) in [7, 11) is 6.29. The molecule has 0 aliphatic heterocycles. The van der Waals surface area contributed by atoms with Crippen LogP contribution in [0.3, 0.4) is 0 Å². The van der Waals surface area contributed by atoms with Crippen LogP contribution in [0.5, 0.6) is 0 Å². The number of hydrogen-bond donors (Lipinski definition) is 1. The van der Waals surface area contributed by atoms with Crippen molar-refractivity contribution in [3.63, 3.8) is 0 Å². The molecule has 0 aliphatic rings. The normalized spacial score (nSPS) is 11.2. The van der Waals surface area contributed by atoms with E-state index in [1.165, 1.54) is 6.33 Å². The van der Waals surface area contributed by atoms with Gasteiger partial charge in [-0.3, -0.25) is 4.79 Å². The van der Waals surface area contributed by atoms with Crippen LogP contribution in [0.25, 0.3) is 11.4 Å². The molecule has 7 nitrogen and oxygen atoms in total. The van der Waals surface area contributed by atoms with E-state index in [9.17, 15) is 4.79 Å². The lowest BCUT2D eigenvalue weighted by Crippen LogP contribution is -2.42. The Morgan fingerprint density at radius 2 is 1.73 bits per heavy atom. The minimum atomic E-state index is 0.0282. The first-order valence-corrected chi connectivity index (χ1v) is 7.11. The zero-order valence-corrected chi connectivity index (χ0v) is 13.2. The molecule has 1 heterocycles. The Morgan fingerprint density at radius 1 is 1.09 bits per heavy atom. The molecule has 1 N–H and O–H groups in total. The van der Waals surface area contributed by atoms with Crippen molar-refractivity contribution in [3.8, 4) is 11.4 Å². The number of carbonyl (C=O) groups excluding carboxylic acids is 1. The Labute approximate surface area is 130 Å².